The number of nitrogens with zero attached hydrogens (tertiary/aromatic N) is 2. The standard InChI is InChI=1S/C14H23N3S2/c1-5-6-15-13-7-9(2)16-14(17-13)12-8-18-10(3)11(4)19-12/h7,10-12H,5-6,8H2,1-4H3,(H,15,16,17). The van der Waals surface area contributed by atoms with Gasteiger partial charge in [0.2, 0.25) is 0 Å². The summed E-state index contributed by atoms with van der Waals surface area (Å²) in [4.78, 5) is 9.34. The van der Waals surface area contributed by atoms with E-state index in [1.54, 1.807) is 0 Å². The Kier molecular flexibility index (Phi) is 5.39. The van der Waals surface area contributed by atoms with Crippen LogP contribution in [0.25, 0.3) is 0 Å². The number of aromatic nitrogens is 2. The Hall–Kier alpha value is -0.420. The van der Waals surface area contributed by atoms with Crippen LogP contribution in [-0.4, -0.2) is 32.8 Å². The van der Waals surface area contributed by atoms with Crippen LogP contribution < -0.4 is 5.32 Å². The lowest BCUT2D eigenvalue weighted by atomic mass is 10.3. The van der Waals surface area contributed by atoms with E-state index in [0.717, 1.165) is 41.3 Å². The SMILES string of the molecule is CCCNc1cc(C)nc(C2CSC(C)C(C)S2)n1. The Morgan fingerprint density at radius 3 is 2.79 bits per heavy atom. The van der Waals surface area contributed by atoms with Crippen molar-refractivity contribution in [1.82, 2.24) is 9.97 Å². The molecule has 0 radical (unpaired) electrons. The molecule has 1 fully saturated rings. The van der Waals surface area contributed by atoms with Crippen molar-refractivity contribution in [2.75, 3.05) is 17.6 Å². The van der Waals surface area contributed by atoms with Crippen LogP contribution in [0, 0.1) is 6.92 Å². The summed E-state index contributed by atoms with van der Waals surface area (Å²) in [5.41, 5.74) is 1.06. The third-order valence-electron chi connectivity index (χ3n) is 3.27. The second-order valence-electron chi connectivity index (χ2n) is 5.05. The molecule has 3 unspecified atom stereocenters. The Bertz CT molecular complexity index is 425. The van der Waals surface area contributed by atoms with Gasteiger partial charge in [0.15, 0.2) is 0 Å². The highest BCUT2D eigenvalue weighted by atomic mass is 32.2. The van der Waals surface area contributed by atoms with Crippen molar-refractivity contribution in [3.8, 4) is 0 Å². The van der Waals surface area contributed by atoms with E-state index in [1.807, 2.05) is 29.6 Å². The molecule has 19 heavy (non-hydrogen) atoms. The van der Waals surface area contributed by atoms with E-state index in [0.29, 0.717) is 10.5 Å². The summed E-state index contributed by atoms with van der Waals surface area (Å²) in [7, 11) is 0. The number of thioether (sulfide) groups is 2. The summed E-state index contributed by atoms with van der Waals surface area (Å²) in [5, 5.41) is 5.19. The van der Waals surface area contributed by atoms with Crippen molar-refractivity contribution in [3.63, 3.8) is 0 Å². The zero-order valence-corrected chi connectivity index (χ0v) is 13.8. The van der Waals surface area contributed by atoms with Gasteiger partial charge < -0.3 is 5.32 Å². The highest BCUT2D eigenvalue weighted by Crippen LogP contribution is 2.43. The molecule has 0 saturated carbocycles. The average molecular weight is 297 g/mol. The molecule has 0 amide bonds. The van der Waals surface area contributed by atoms with Crippen LogP contribution >= 0.6 is 23.5 Å². The Morgan fingerprint density at radius 1 is 1.32 bits per heavy atom. The molecule has 2 heterocycles. The molecule has 3 nitrogen and oxygen atoms in total. The molecular formula is C14H23N3S2. The van der Waals surface area contributed by atoms with Crippen LogP contribution in [0.3, 0.4) is 0 Å². The van der Waals surface area contributed by atoms with Gasteiger partial charge in [0.1, 0.15) is 11.6 Å². The zero-order valence-electron chi connectivity index (χ0n) is 12.1. The van der Waals surface area contributed by atoms with Gasteiger partial charge in [0, 0.05) is 34.6 Å². The predicted molar refractivity (Wildman–Crippen MR) is 87.3 cm³/mol. The first-order chi connectivity index (χ1) is 9.10. The van der Waals surface area contributed by atoms with Crippen LogP contribution in [-0.2, 0) is 0 Å². The maximum absolute atomic E-state index is 4.70. The predicted octanol–water partition coefficient (Wildman–Crippen LogP) is 3.91. The molecule has 1 aliphatic heterocycles. The van der Waals surface area contributed by atoms with Crippen LogP contribution in [0.1, 0.15) is 44.0 Å². The van der Waals surface area contributed by atoms with Crippen molar-refractivity contribution in [3.05, 3.63) is 17.6 Å². The number of nitrogens with one attached hydrogen (secondary N) is 1. The molecule has 2 rings (SSSR count). The quantitative estimate of drug-likeness (QED) is 0.912. The van der Waals surface area contributed by atoms with Gasteiger partial charge in [-0.05, 0) is 13.3 Å². The molecule has 106 valence electrons. The second kappa shape index (κ2) is 6.84. The molecule has 1 aromatic rings. The van der Waals surface area contributed by atoms with Crippen molar-refractivity contribution < 1.29 is 0 Å². The average Bonchev–Trinajstić information content (AvgIpc) is 2.39. The lowest BCUT2D eigenvalue weighted by Crippen LogP contribution is -2.23. The van der Waals surface area contributed by atoms with E-state index in [1.165, 1.54) is 0 Å². The van der Waals surface area contributed by atoms with Gasteiger partial charge in [-0.3, -0.25) is 0 Å². The first-order valence-electron chi connectivity index (χ1n) is 6.96. The smallest absolute Gasteiger partial charge is 0.144 e. The molecule has 1 aliphatic rings. The van der Waals surface area contributed by atoms with E-state index in [9.17, 15) is 0 Å². The molecule has 1 N–H and O–H groups in total. The van der Waals surface area contributed by atoms with E-state index >= 15 is 0 Å². The number of hydrogen-bond acceptors (Lipinski definition) is 5. The van der Waals surface area contributed by atoms with E-state index in [2.05, 4.69) is 38.0 Å². The number of aryl methyl sites for hydroxylation is 1. The summed E-state index contributed by atoms with van der Waals surface area (Å²) in [6.45, 7) is 9.80. The van der Waals surface area contributed by atoms with Gasteiger partial charge in [-0.2, -0.15) is 11.8 Å². The second-order valence-corrected chi connectivity index (χ2v) is 8.04. The summed E-state index contributed by atoms with van der Waals surface area (Å²) in [5.74, 6) is 3.09. The molecule has 0 spiro atoms. The minimum Gasteiger partial charge on any atom is -0.370 e. The Labute approximate surface area is 124 Å². The monoisotopic (exact) mass is 297 g/mol. The van der Waals surface area contributed by atoms with E-state index in [4.69, 9.17) is 4.98 Å². The lowest BCUT2D eigenvalue weighted by Gasteiger charge is -2.30. The highest BCUT2D eigenvalue weighted by Gasteiger charge is 2.28. The fourth-order valence-electron chi connectivity index (χ4n) is 2.00. The summed E-state index contributed by atoms with van der Waals surface area (Å²) >= 11 is 4.05. The molecule has 0 bridgehead atoms. The van der Waals surface area contributed by atoms with Crippen molar-refractivity contribution in [2.45, 2.75) is 49.9 Å². The van der Waals surface area contributed by atoms with Gasteiger partial charge in [0.05, 0.1) is 5.25 Å². The minimum absolute atomic E-state index is 0.429. The number of anilines is 1. The van der Waals surface area contributed by atoms with Gasteiger partial charge in [-0.15, -0.1) is 11.8 Å². The summed E-state index contributed by atoms with van der Waals surface area (Å²) < 4.78 is 0. The van der Waals surface area contributed by atoms with Crippen molar-refractivity contribution in [2.24, 2.45) is 0 Å². The van der Waals surface area contributed by atoms with E-state index in [-0.39, 0.29) is 0 Å². The number of hydrogen-bond donors (Lipinski definition) is 1. The molecule has 1 saturated heterocycles. The minimum atomic E-state index is 0.429. The summed E-state index contributed by atoms with van der Waals surface area (Å²) in [6.07, 6.45) is 1.11. The lowest BCUT2D eigenvalue weighted by molar-refractivity contribution is 0.849. The van der Waals surface area contributed by atoms with Gasteiger partial charge in [-0.25, -0.2) is 9.97 Å². The first-order valence-corrected chi connectivity index (χ1v) is 8.95. The van der Waals surface area contributed by atoms with Crippen LogP contribution in [0.2, 0.25) is 0 Å². The molecule has 1 aromatic heterocycles. The molecule has 3 atom stereocenters. The van der Waals surface area contributed by atoms with Crippen molar-refractivity contribution in [1.29, 1.82) is 0 Å². The van der Waals surface area contributed by atoms with E-state index < -0.39 is 0 Å². The molecule has 5 heteroatoms. The highest BCUT2D eigenvalue weighted by molar-refractivity contribution is 8.07. The zero-order chi connectivity index (χ0) is 13.8. The normalized spacial score (nSPS) is 27.3. The third-order valence-corrected chi connectivity index (χ3v) is 6.65. The van der Waals surface area contributed by atoms with Gasteiger partial charge >= 0.3 is 0 Å². The Balaban J connectivity index is 2.13. The maximum atomic E-state index is 4.70. The van der Waals surface area contributed by atoms with Crippen LogP contribution in [0.4, 0.5) is 5.82 Å². The van der Waals surface area contributed by atoms with Crippen LogP contribution in [0.15, 0.2) is 6.07 Å². The van der Waals surface area contributed by atoms with Gasteiger partial charge in [-0.1, -0.05) is 20.8 Å². The number of rotatable bonds is 4. The maximum Gasteiger partial charge on any atom is 0.144 e. The van der Waals surface area contributed by atoms with Gasteiger partial charge in [0.25, 0.3) is 0 Å². The van der Waals surface area contributed by atoms with Crippen molar-refractivity contribution >= 4 is 29.3 Å². The fraction of sp³-hybridized carbons (Fsp3) is 0.714. The third kappa shape index (κ3) is 4.02. The topological polar surface area (TPSA) is 37.8 Å². The van der Waals surface area contributed by atoms with Crippen LogP contribution in [0.5, 0.6) is 0 Å². The molecule has 0 aliphatic carbocycles. The molecule has 0 aromatic carbocycles. The first kappa shape index (κ1) is 15.0. The fourth-order valence-corrected chi connectivity index (χ4v) is 4.84. The largest absolute Gasteiger partial charge is 0.370 e. The Morgan fingerprint density at radius 2 is 2.11 bits per heavy atom. The summed E-state index contributed by atoms with van der Waals surface area (Å²) in [6, 6.07) is 2.03. The molecular weight excluding hydrogens is 274 g/mol.